The first-order chi connectivity index (χ1) is 11.5. The number of para-hydroxylation sites is 1. The number of carbonyl (C=O) groups is 1. The summed E-state index contributed by atoms with van der Waals surface area (Å²) < 4.78 is 5.71. The molecule has 2 aromatic rings. The van der Waals surface area contributed by atoms with Gasteiger partial charge in [-0.1, -0.05) is 44.2 Å². The molecule has 1 amide bonds. The topological polar surface area (TPSA) is 64.3 Å². The zero-order valence-corrected chi connectivity index (χ0v) is 14.4. The number of nitrogens with one attached hydrogen (secondary N) is 1. The fraction of sp³-hybridized carbons (Fsp3) is 0.350. The van der Waals surface area contributed by atoms with E-state index in [2.05, 4.69) is 19.2 Å². The second-order valence-electron chi connectivity index (χ2n) is 6.33. The van der Waals surface area contributed by atoms with Crippen LogP contribution in [0.15, 0.2) is 48.5 Å². The Kier molecular flexibility index (Phi) is 6.67. The number of rotatable bonds is 8. The van der Waals surface area contributed by atoms with Crippen LogP contribution >= 0.6 is 0 Å². The molecule has 0 radical (unpaired) electrons. The molecular formula is C20H26N2O2. The van der Waals surface area contributed by atoms with Crippen LogP contribution in [-0.4, -0.2) is 12.5 Å². The second-order valence-corrected chi connectivity index (χ2v) is 6.33. The molecule has 24 heavy (non-hydrogen) atoms. The van der Waals surface area contributed by atoms with E-state index in [-0.39, 0.29) is 5.91 Å². The normalized spacial score (nSPS) is 10.6. The van der Waals surface area contributed by atoms with Gasteiger partial charge in [-0.15, -0.1) is 0 Å². The van der Waals surface area contributed by atoms with E-state index >= 15 is 0 Å². The maximum absolute atomic E-state index is 12.0. The van der Waals surface area contributed by atoms with Gasteiger partial charge in [-0.2, -0.15) is 0 Å². The minimum Gasteiger partial charge on any atom is -0.493 e. The van der Waals surface area contributed by atoms with Crippen molar-refractivity contribution in [3.05, 3.63) is 59.7 Å². The predicted molar refractivity (Wildman–Crippen MR) is 97.8 cm³/mol. The van der Waals surface area contributed by atoms with Gasteiger partial charge < -0.3 is 15.8 Å². The average Bonchev–Trinajstić information content (AvgIpc) is 2.58. The number of nitrogen functional groups attached to an aromatic ring is 1. The molecule has 2 aromatic carbocycles. The highest BCUT2D eigenvalue weighted by molar-refractivity contribution is 5.76. The van der Waals surface area contributed by atoms with E-state index in [0.29, 0.717) is 31.9 Å². The van der Waals surface area contributed by atoms with Crippen molar-refractivity contribution in [2.24, 2.45) is 5.92 Å². The van der Waals surface area contributed by atoms with Crippen molar-refractivity contribution >= 4 is 11.6 Å². The largest absolute Gasteiger partial charge is 0.493 e. The summed E-state index contributed by atoms with van der Waals surface area (Å²) in [4.78, 5) is 12.0. The minimum atomic E-state index is 0.0201. The van der Waals surface area contributed by atoms with Gasteiger partial charge in [0.05, 0.1) is 6.61 Å². The Bertz CT molecular complexity index is 668. The molecular weight excluding hydrogens is 300 g/mol. The molecule has 0 aliphatic carbocycles. The van der Waals surface area contributed by atoms with Gasteiger partial charge in [0.15, 0.2) is 0 Å². The Morgan fingerprint density at radius 1 is 1.17 bits per heavy atom. The molecule has 0 aliphatic rings. The maximum Gasteiger partial charge on any atom is 0.220 e. The number of benzene rings is 2. The van der Waals surface area contributed by atoms with Crippen LogP contribution in [0.4, 0.5) is 5.69 Å². The van der Waals surface area contributed by atoms with E-state index in [1.54, 1.807) is 0 Å². The predicted octanol–water partition coefficient (Wildman–Crippen LogP) is 3.55. The van der Waals surface area contributed by atoms with Crippen LogP contribution in [0.2, 0.25) is 0 Å². The van der Waals surface area contributed by atoms with E-state index < -0.39 is 0 Å². The van der Waals surface area contributed by atoms with Gasteiger partial charge in [0.1, 0.15) is 5.75 Å². The molecule has 0 aliphatic heterocycles. The summed E-state index contributed by atoms with van der Waals surface area (Å²) >= 11 is 0. The lowest BCUT2D eigenvalue weighted by Gasteiger charge is -2.11. The average molecular weight is 326 g/mol. The molecule has 0 heterocycles. The molecule has 4 nitrogen and oxygen atoms in total. The highest BCUT2D eigenvalue weighted by atomic mass is 16.5. The summed E-state index contributed by atoms with van der Waals surface area (Å²) in [6.45, 7) is 5.42. The molecule has 0 saturated heterocycles. The minimum absolute atomic E-state index is 0.0201. The summed E-state index contributed by atoms with van der Waals surface area (Å²) in [5.74, 6) is 1.35. The Balaban J connectivity index is 1.79. The number of amides is 1. The Labute approximate surface area is 144 Å². The summed E-state index contributed by atoms with van der Waals surface area (Å²) in [7, 11) is 0. The first-order valence-corrected chi connectivity index (χ1v) is 8.36. The quantitative estimate of drug-likeness (QED) is 0.729. The fourth-order valence-electron chi connectivity index (χ4n) is 2.31. The molecule has 0 atom stereocenters. The van der Waals surface area contributed by atoms with E-state index in [4.69, 9.17) is 10.5 Å². The molecule has 4 heteroatoms. The van der Waals surface area contributed by atoms with Crippen molar-refractivity contribution in [2.75, 3.05) is 12.3 Å². The third-order valence-corrected chi connectivity index (χ3v) is 3.65. The zero-order chi connectivity index (χ0) is 17.4. The van der Waals surface area contributed by atoms with E-state index in [1.165, 1.54) is 0 Å². The molecule has 0 saturated carbocycles. The molecule has 0 spiro atoms. The van der Waals surface area contributed by atoms with Gasteiger partial charge in [0.25, 0.3) is 0 Å². The summed E-state index contributed by atoms with van der Waals surface area (Å²) in [6, 6.07) is 15.5. The first-order valence-electron chi connectivity index (χ1n) is 8.36. The van der Waals surface area contributed by atoms with Gasteiger partial charge >= 0.3 is 0 Å². The Morgan fingerprint density at radius 2 is 1.96 bits per heavy atom. The number of hydrogen-bond donors (Lipinski definition) is 2. The van der Waals surface area contributed by atoms with Crippen LogP contribution in [0, 0.1) is 5.92 Å². The van der Waals surface area contributed by atoms with Crippen molar-refractivity contribution in [3.8, 4) is 5.75 Å². The van der Waals surface area contributed by atoms with Crippen molar-refractivity contribution < 1.29 is 9.53 Å². The van der Waals surface area contributed by atoms with Crippen molar-refractivity contribution in [1.82, 2.24) is 5.32 Å². The van der Waals surface area contributed by atoms with Crippen LogP contribution < -0.4 is 15.8 Å². The number of aryl methyl sites for hydroxylation is 1. The standard InChI is InChI=1S/C20H26N2O2/c1-15(2)14-24-18-8-5-6-16(12-18)13-22-20(23)11-10-17-7-3-4-9-19(17)21/h3-9,12,15H,10-11,13-14,21H2,1-2H3,(H,22,23). The van der Waals surface area contributed by atoms with Gasteiger partial charge in [0.2, 0.25) is 5.91 Å². The number of anilines is 1. The molecule has 2 rings (SSSR count). The molecule has 0 fully saturated rings. The van der Waals surface area contributed by atoms with Crippen LogP contribution in [0.5, 0.6) is 5.75 Å². The van der Waals surface area contributed by atoms with Crippen LogP contribution in [0.1, 0.15) is 31.4 Å². The highest BCUT2D eigenvalue weighted by Gasteiger charge is 2.05. The third-order valence-electron chi connectivity index (χ3n) is 3.65. The number of carbonyl (C=O) groups excluding carboxylic acids is 1. The van der Waals surface area contributed by atoms with Gasteiger partial charge in [-0.3, -0.25) is 4.79 Å². The zero-order valence-electron chi connectivity index (χ0n) is 14.4. The lowest BCUT2D eigenvalue weighted by Crippen LogP contribution is -2.23. The highest BCUT2D eigenvalue weighted by Crippen LogP contribution is 2.15. The SMILES string of the molecule is CC(C)COc1cccc(CNC(=O)CCc2ccccc2N)c1. The lowest BCUT2D eigenvalue weighted by atomic mass is 10.1. The van der Waals surface area contributed by atoms with Gasteiger partial charge in [-0.05, 0) is 41.7 Å². The maximum atomic E-state index is 12.0. The van der Waals surface area contributed by atoms with Crippen LogP contribution in [0.3, 0.4) is 0 Å². The monoisotopic (exact) mass is 326 g/mol. The van der Waals surface area contributed by atoms with Crippen LogP contribution in [0.25, 0.3) is 0 Å². The smallest absolute Gasteiger partial charge is 0.220 e. The summed E-state index contributed by atoms with van der Waals surface area (Å²) in [6.07, 6.45) is 1.08. The number of hydrogen-bond acceptors (Lipinski definition) is 3. The molecule has 0 aromatic heterocycles. The third kappa shape index (κ3) is 5.95. The first kappa shape index (κ1) is 17.9. The van der Waals surface area contributed by atoms with E-state index in [0.717, 1.165) is 22.6 Å². The van der Waals surface area contributed by atoms with Crippen molar-refractivity contribution in [3.63, 3.8) is 0 Å². The van der Waals surface area contributed by atoms with Gasteiger partial charge in [0, 0.05) is 18.7 Å². The van der Waals surface area contributed by atoms with Crippen molar-refractivity contribution in [1.29, 1.82) is 0 Å². The van der Waals surface area contributed by atoms with Crippen molar-refractivity contribution in [2.45, 2.75) is 33.2 Å². The molecule has 0 unspecified atom stereocenters. The van der Waals surface area contributed by atoms with Crippen LogP contribution in [-0.2, 0) is 17.8 Å². The van der Waals surface area contributed by atoms with Gasteiger partial charge in [-0.25, -0.2) is 0 Å². The summed E-state index contributed by atoms with van der Waals surface area (Å²) in [5, 5.41) is 2.95. The lowest BCUT2D eigenvalue weighted by molar-refractivity contribution is -0.121. The number of ether oxygens (including phenoxy) is 1. The van der Waals surface area contributed by atoms with E-state index in [1.807, 2.05) is 48.5 Å². The number of nitrogens with two attached hydrogens (primary N) is 1. The van der Waals surface area contributed by atoms with E-state index in [9.17, 15) is 4.79 Å². The Hall–Kier alpha value is -2.49. The Morgan fingerprint density at radius 3 is 2.71 bits per heavy atom. The second kappa shape index (κ2) is 8.96. The molecule has 3 N–H and O–H groups in total. The molecule has 128 valence electrons. The summed E-state index contributed by atoms with van der Waals surface area (Å²) in [5.41, 5.74) is 8.67. The fourth-order valence-corrected chi connectivity index (χ4v) is 2.31. The molecule has 0 bridgehead atoms.